The number of amides is 2. The van der Waals surface area contributed by atoms with Crippen molar-refractivity contribution < 1.29 is 36.3 Å². The zero-order chi connectivity index (χ0) is 26.7. The minimum atomic E-state index is -3.06. The zero-order valence-corrected chi connectivity index (χ0v) is 19.2. The summed E-state index contributed by atoms with van der Waals surface area (Å²) in [5, 5.41) is 14.3. The van der Waals surface area contributed by atoms with Crippen LogP contribution in [0.3, 0.4) is 0 Å². The van der Waals surface area contributed by atoms with Crippen LogP contribution >= 0.6 is 0 Å². The molecule has 1 aliphatic carbocycles. The number of rotatable bonds is 6. The molecule has 3 heterocycles. The first-order chi connectivity index (χ1) is 17.4. The maximum atomic E-state index is 13.8. The van der Waals surface area contributed by atoms with E-state index < -0.39 is 59.4 Å². The van der Waals surface area contributed by atoms with E-state index in [1.807, 2.05) is 0 Å². The van der Waals surface area contributed by atoms with E-state index >= 15 is 0 Å². The summed E-state index contributed by atoms with van der Waals surface area (Å²) in [6, 6.07) is 1.22. The number of alkyl halides is 2. The number of aromatic amines is 1. The lowest BCUT2D eigenvalue weighted by Crippen LogP contribution is -2.61. The van der Waals surface area contributed by atoms with Crippen LogP contribution in [-0.4, -0.2) is 43.5 Å². The number of carbonyl (C=O) groups is 3. The summed E-state index contributed by atoms with van der Waals surface area (Å²) in [6.07, 6.45) is 0.625. The molecule has 0 radical (unpaired) electrons. The minimum absolute atomic E-state index is 0.0183. The second kappa shape index (κ2) is 8.49. The van der Waals surface area contributed by atoms with Gasteiger partial charge in [-0.3, -0.25) is 19.5 Å². The molecule has 2 amide bonds. The van der Waals surface area contributed by atoms with Crippen molar-refractivity contribution in [3.63, 3.8) is 0 Å². The van der Waals surface area contributed by atoms with Crippen LogP contribution in [0.4, 0.5) is 27.6 Å². The number of halogens is 5. The SMILES string of the molecule is Cc1c(C(=O)C(=O)NC2(c3c[nH]nn3)CC(F)(F)C2)c2n(c1C(=O)Nc1cc(F)c(F)c(F)c1)CCC2. The van der Waals surface area contributed by atoms with Gasteiger partial charge in [-0.1, -0.05) is 5.21 Å². The number of Topliss-reactive ketones (excluding diaryl/α,β-unsaturated/α-hetero) is 1. The highest BCUT2D eigenvalue weighted by Crippen LogP contribution is 2.51. The van der Waals surface area contributed by atoms with Crippen LogP contribution in [0.15, 0.2) is 18.3 Å². The first kappa shape index (κ1) is 24.6. The maximum absolute atomic E-state index is 13.8. The van der Waals surface area contributed by atoms with Crippen LogP contribution in [0.5, 0.6) is 0 Å². The van der Waals surface area contributed by atoms with Crippen LogP contribution in [-0.2, 0) is 23.3 Å². The van der Waals surface area contributed by atoms with Crippen molar-refractivity contribution in [1.82, 2.24) is 25.3 Å². The van der Waals surface area contributed by atoms with Gasteiger partial charge >= 0.3 is 0 Å². The van der Waals surface area contributed by atoms with Crippen molar-refractivity contribution >= 4 is 23.3 Å². The first-order valence-corrected chi connectivity index (χ1v) is 11.2. The number of nitrogens with one attached hydrogen (secondary N) is 3. The number of hydrogen-bond acceptors (Lipinski definition) is 5. The molecular formula is C23H19F5N6O3. The summed E-state index contributed by atoms with van der Waals surface area (Å²) in [7, 11) is 0. The predicted octanol–water partition coefficient (Wildman–Crippen LogP) is 3.15. The fraction of sp³-hybridized carbons (Fsp3) is 0.348. The van der Waals surface area contributed by atoms with Gasteiger partial charge in [0.2, 0.25) is 0 Å². The highest BCUT2D eigenvalue weighted by molar-refractivity contribution is 6.44. The van der Waals surface area contributed by atoms with Crippen LogP contribution in [0.1, 0.15) is 57.1 Å². The molecule has 37 heavy (non-hydrogen) atoms. The molecule has 194 valence electrons. The van der Waals surface area contributed by atoms with Gasteiger partial charge in [0.15, 0.2) is 17.5 Å². The van der Waals surface area contributed by atoms with Gasteiger partial charge in [0, 0.05) is 49.1 Å². The number of hydrogen-bond donors (Lipinski definition) is 3. The van der Waals surface area contributed by atoms with E-state index in [0.29, 0.717) is 37.2 Å². The van der Waals surface area contributed by atoms with E-state index in [4.69, 9.17) is 0 Å². The third kappa shape index (κ3) is 4.05. The standard InChI is InChI=1S/C23H19F5N6O3/c1-10-16(19(35)21(37)31-22(8-23(27,28)9-22)15-7-29-33-32-15)14-3-2-4-34(14)18(10)20(36)30-11-5-12(24)17(26)13(25)6-11/h5-7H,2-4,8-9H2,1H3,(H,30,36)(H,31,37)(H,29,32,33). The van der Waals surface area contributed by atoms with Crippen LogP contribution in [0, 0.1) is 24.4 Å². The summed E-state index contributed by atoms with van der Waals surface area (Å²) in [4.78, 5) is 39.3. The topological polar surface area (TPSA) is 122 Å². The van der Waals surface area contributed by atoms with Crippen molar-refractivity contribution in [1.29, 1.82) is 0 Å². The van der Waals surface area contributed by atoms with Crippen LogP contribution in [0.25, 0.3) is 0 Å². The molecule has 1 aromatic carbocycles. The fourth-order valence-electron chi connectivity index (χ4n) is 5.12. The molecule has 9 nitrogen and oxygen atoms in total. The lowest BCUT2D eigenvalue weighted by atomic mass is 9.71. The quantitative estimate of drug-likeness (QED) is 0.199. The Bertz CT molecular complexity index is 1420. The number of aromatic nitrogens is 4. The van der Waals surface area contributed by atoms with Gasteiger partial charge in [0.05, 0.1) is 11.1 Å². The third-order valence-electron chi connectivity index (χ3n) is 6.68. The highest BCUT2D eigenvalue weighted by Gasteiger charge is 2.60. The van der Waals surface area contributed by atoms with Crippen molar-refractivity contribution in [2.24, 2.45) is 0 Å². The smallest absolute Gasteiger partial charge is 0.293 e. The van der Waals surface area contributed by atoms with Crippen LogP contribution in [0.2, 0.25) is 0 Å². The molecule has 5 rings (SSSR count). The Balaban J connectivity index is 1.44. The number of H-pyrrole nitrogens is 1. The summed E-state index contributed by atoms with van der Waals surface area (Å²) >= 11 is 0. The van der Waals surface area contributed by atoms with Crippen molar-refractivity contribution in [3.05, 3.63) is 64.0 Å². The van der Waals surface area contributed by atoms with Gasteiger partial charge < -0.3 is 15.2 Å². The zero-order valence-electron chi connectivity index (χ0n) is 19.2. The minimum Gasteiger partial charge on any atom is -0.340 e. The Morgan fingerprint density at radius 1 is 1.11 bits per heavy atom. The average Bonchev–Trinajstić information content (AvgIpc) is 3.53. The second-order valence-corrected chi connectivity index (χ2v) is 9.19. The molecule has 0 saturated heterocycles. The Labute approximate surface area is 205 Å². The third-order valence-corrected chi connectivity index (χ3v) is 6.68. The Kier molecular flexibility index (Phi) is 5.64. The molecule has 3 aromatic rings. The maximum Gasteiger partial charge on any atom is 0.293 e. The summed E-state index contributed by atoms with van der Waals surface area (Å²) in [5.74, 6) is -10.8. The number of carbonyl (C=O) groups excluding carboxylic acids is 3. The number of benzene rings is 1. The van der Waals surface area contributed by atoms with E-state index in [0.717, 1.165) is 0 Å². The molecule has 3 N–H and O–H groups in total. The number of ketones is 1. The van der Waals surface area contributed by atoms with Gasteiger partial charge in [-0.2, -0.15) is 0 Å². The average molecular weight is 522 g/mol. The van der Waals surface area contributed by atoms with E-state index in [-0.39, 0.29) is 28.2 Å². The molecular weight excluding hydrogens is 503 g/mol. The Morgan fingerprint density at radius 3 is 2.38 bits per heavy atom. The summed E-state index contributed by atoms with van der Waals surface area (Å²) < 4.78 is 69.5. The van der Waals surface area contributed by atoms with Gasteiger partial charge in [-0.05, 0) is 25.3 Å². The first-order valence-electron chi connectivity index (χ1n) is 11.2. The second-order valence-electron chi connectivity index (χ2n) is 9.19. The lowest BCUT2D eigenvalue weighted by Gasteiger charge is -2.46. The Morgan fingerprint density at radius 2 is 1.78 bits per heavy atom. The Hall–Kier alpha value is -4.10. The normalized spacial score (nSPS) is 17.1. The predicted molar refractivity (Wildman–Crippen MR) is 116 cm³/mol. The molecule has 0 bridgehead atoms. The molecule has 14 heteroatoms. The lowest BCUT2D eigenvalue weighted by molar-refractivity contribution is -0.148. The number of nitrogens with zero attached hydrogens (tertiary/aromatic N) is 3. The largest absolute Gasteiger partial charge is 0.340 e. The fourth-order valence-corrected chi connectivity index (χ4v) is 5.12. The van der Waals surface area contributed by atoms with Gasteiger partial charge in [-0.25, -0.2) is 22.0 Å². The molecule has 0 atom stereocenters. The highest BCUT2D eigenvalue weighted by atomic mass is 19.3. The molecule has 1 aliphatic heterocycles. The monoisotopic (exact) mass is 522 g/mol. The van der Waals surface area contributed by atoms with E-state index in [9.17, 15) is 36.3 Å². The molecule has 1 saturated carbocycles. The summed E-state index contributed by atoms with van der Waals surface area (Å²) in [6.45, 7) is 1.76. The summed E-state index contributed by atoms with van der Waals surface area (Å²) in [5.41, 5.74) is -1.43. The molecule has 2 aliphatic rings. The van der Waals surface area contributed by atoms with E-state index in [1.165, 1.54) is 17.7 Å². The molecule has 0 unspecified atom stereocenters. The molecule has 1 fully saturated rings. The van der Waals surface area contributed by atoms with Crippen molar-refractivity contribution in [2.45, 2.75) is 50.6 Å². The van der Waals surface area contributed by atoms with Crippen molar-refractivity contribution in [3.8, 4) is 0 Å². The molecule has 0 spiro atoms. The number of anilines is 1. The van der Waals surface area contributed by atoms with Crippen molar-refractivity contribution in [2.75, 3.05) is 5.32 Å². The van der Waals surface area contributed by atoms with Gasteiger partial charge in [0.1, 0.15) is 11.4 Å². The van der Waals surface area contributed by atoms with Gasteiger partial charge in [-0.15, -0.1) is 5.10 Å². The van der Waals surface area contributed by atoms with Gasteiger partial charge in [0.25, 0.3) is 23.5 Å². The van der Waals surface area contributed by atoms with Crippen LogP contribution < -0.4 is 10.6 Å². The molecule has 2 aromatic heterocycles. The van der Waals surface area contributed by atoms with E-state index in [1.54, 1.807) is 0 Å². The number of fused-ring (bicyclic) bond motifs is 1. The van der Waals surface area contributed by atoms with E-state index in [2.05, 4.69) is 26.0 Å².